The van der Waals surface area contributed by atoms with Gasteiger partial charge in [-0.25, -0.2) is 0 Å². The molecule has 0 radical (unpaired) electrons. The first-order valence-electron chi connectivity index (χ1n) is 6.50. The van der Waals surface area contributed by atoms with Crippen LogP contribution in [0.25, 0.3) is 0 Å². The van der Waals surface area contributed by atoms with E-state index in [4.69, 9.17) is 10.5 Å². The summed E-state index contributed by atoms with van der Waals surface area (Å²) in [6.07, 6.45) is 2.97. The van der Waals surface area contributed by atoms with Crippen LogP contribution >= 0.6 is 0 Å². The number of nitrogens with two attached hydrogens (primary N) is 1. The van der Waals surface area contributed by atoms with E-state index in [9.17, 15) is 5.11 Å². The van der Waals surface area contributed by atoms with Gasteiger partial charge >= 0.3 is 0 Å². The maximum Gasteiger partial charge on any atom is 0.123 e. The molecule has 0 unspecified atom stereocenters. The average Bonchev–Trinajstić information content (AvgIpc) is 2.22. The van der Waals surface area contributed by atoms with Crippen molar-refractivity contribution in [3.05, 3.63) is 18.2 Å². The summed E-state index contributed by atoms with van der Waals surface area (Å²) in [5.41, 5.74) is 6.86. The van der Waals surface area contributed by atoms with E-state index in [1.807, 2.05) is 32.0 Å². The molecule has 100 valence electrons. The molecule has 1 aliphatic rings. The first-order valence-corrected chi connectivity index (χ1v) is 6.50. The summed E-state index contributed by atoms with van der Waals surface area (Å²) >= 11 is 0. The van der Waals surface area contributed by atoms with Gasteiger partial charge in [0.15, 0.2) is 0 Å². The van der Waals surface area contributed by atoms with Crippen molar-refractivity contribution in [3.8, 4) is 5.75 Å². The topological polar surface area (TPSA) is 67.5 Å². The van der Waals surface area contributed by atoms with Crippen LogP contribution in [0, 0.1) is 0 Å². The first-order chi connectivity index (χ1) is 8.47. The molecule has 0 bridgehead atoms. The van der Waals surface area contributed by atoms with Crippen LogP contribution in [0.4, 0.5) is 11.4 Å². The molecule has 2 rings (SSSR count). The van der Waals surface area contributed by atoms with Crippen molar-refractivity contribution in [3.63, 3.8) is 0 Å². The van der Waals surface area contributed by atoms with Crippen LogP contribution in [0.5, 0.6) is 5.75 Å². The summed E-state index contributed by atoms with van der Waals surface area (Å²) in [5.74, 6) is 0.757. The molecule has 0 spiro atoms. The molecule has 1 saturated carbocycles. The van der Waals surface area contributed by atoms with Gasteiger partial charge in [0.05, 0.1) is 11.7 Å². The molecule has 1 aliphatic carbocycles. The molecule has 0 saturated heterocycles. The van der Waals surface area contributed by atoms with Crippen LogP contribution in [-0.4, -0.2) is 23.4 Å². The molecule has 1 aromatic rings. The summed E-state index contributed by atoms with van der Waals surface area (Å²) in [6.45, 7) is 4.53. The van der Waals surface area contributed by atoms with Gasteiger partial charge in [-0.3, -0.25) is 0 Å². The van der Waals surface area contributed by atoms with E-state index >= 15 is 0 Å². The van der Waals surface area contributed by atoms with E-state index in [1.165, 1.54) is 0 Å². The minimum atomic E-state index is -0.538. The summed E-state index contributed by atoms with van der Waals surface area (Å²) in [4.78, 5) is 0. The molecule has 1 fully saturated rings. The SMILES string of the molecule is CC(C)Oc1cc(N)cc(NCC2(O)CCC2)c1. The third kappa shape index (κ3) is 3.29. The van der Waals surface area contributed by atoms with E-state index in [0.717, 1.165) is 30.7 Å². The van der Waals surface area contributed by atoms with Crippen molar-refractivity contribution in [1.29, 1.82) is 0 Å². The molecule has 4 heteroatoms. The average molecular weight is 250 g/mol. The Bertz CT molecular complexity index is 414. The van der Waals surface area contributed by atoms with E-state index in [2.05, 4.69) is 5.32 Å². The van der Waals surface area contributed by atoms with Gasteiger partial charge in [0.1, 0.15) is 5.75 Å². The van der Waals surface area contributed by atoms with Gasteiger partial charge in [-0.15, -0.1) is 0 Å². The van der Waals surface area contributed by atoms with Crippen molar-refractivity contribution in [1.82, 2.24) is 0 Å². The standard InChI is InChI=1S/C14H22N2O2/c1-10(2)18-13-7-11(15)6-12(8-13)16-9-14(17)4-3-5-14/h6-8,10,16-17H,3-5,9,15H2,1-2H3. The van der Waals surface area contributed by atoms with Crippen LogP contribution in [-0.2, 0) is 0 Å². The minimum absolute atomic E-state index is 0.121. The minimum Gasteiger partial charge on any atom is -0.491 e. The highest BCUT2D eigenvalue weighted by Gasteiger charge is 2.33. The summed E-state index contributed by atoms with van der Waals surface area (Å²) in [7, 11) is 0. The first kappa shape index (κ1) is 13.0. The third-order valence-electron chi connectivity index (χ3n) is 3.21. The Morgan fingerprint density at radius 3 is 2.67 bits per heavy atom. The zero-order valence-corrected chi connectivity index (χ0v) is 11.1. The lowest BCUT2D eigenvalue weighted by atomic mass is 9.80. The van der Waals surface area contributed by atoms with Crippen LogP contribution < -0.4 is 15.8 Å². The van der Waals surface area contributed by atoms with E-state index in [-0.39, 0.29) is 6.10 Å². The largest absolute Gasteiger partial charge is 0.491 e. The van der Waals surface area contributed by atoms with Crippen molar-refractivity contribution in [2.24, 2.45) is 0 Å². The fourth-order valence-electron chi connectivity index (χ4n) is 2.09. The van der Waals surface area contributed by atoms with Crippen LogP contribution in [0.15, 0.2) is 18.2 Å². The number of nitrogens with one attached hydrogen (secondary N) is 1. The Hall–Kier alpha value is -1.42. The lowest BCUT2D eigenvalue weighted by molar-refractivity contribution is -0.0202. The number of rotatable bonds is 5. The van der Waals surface area contributed by atoms with Gasteiger partial charge in [0.25, 0.3) is 0 Å². The quantitative estimate of drug-likeness (QED) is 0.702. The second-order valence-corrected chi connectivity index (χ2v) is 5.39. The Balaban J connectivity index is 2.00. The lowest BCUT2D eigenvalue weighted by Gasteiger charge is -2.36. The molecule has 0 aliphatic heterocycles. The zero-order chi connectivity index (χ0) is 13.2. The van der Waals surface area contributed by atoms with Gasteiger partial charge < -0.3 is 20.9 Å². The van der Waals surface area contributed by atoms with Gasteiger partial charge in [0, 0.05) is 30.1 Å². The Morgan fingerprint density at radius 1 is 1.39 bits per heavy atom. The van der Waals surface area contributed by atoms with Crippen molar-refractivity contribution in [2.75, 3.05) is 17.6 Å². The molecular formula is C14H22N2O2. The molecular weight excluding hydrogens is 228 g/mol. The zero-order valence-electron chi connectivity index (χ0n) is 11.1. The fraction of sp³-hybridized carbons (Fsp3) is 0.571. The molecule has 0 heterocycles. The van der Waals surface area contributed by atoms with Gasteiger partial charge in [-0.2, -0.15) is 0 Å². The smallest absolute Gasteiger partial charge is 0.123 e. The molecule has 0 amide bonds. The predicted octanol–water partition coefficient (Wildman–Crippen LogP) is 2.38. The molecule has 18 heavy (non-hydrogen) atoms. The normalized spacial score (nSPS) is 17.3. The predicted molar refractivity (Wildman–Crippen MR) is 73.9 cm³/mol. The maximum atomic E-state index is 10.0. The summed E-state index contributed by atoms with van der Waals surface area (Å²) in [6, 6.07) is 5.58. The Morgan fingerprint density at radius 2 is 2.11 bits per heavy atom. The van der Waals surface area contributed by atoms with Gasteiger partial charge in [-0.1, -0.05) is 0 Å². The molecule has 0 aromatic heterocycles. The second kappa shape index (κ2) is 5.06. The Labute approximate surface area is 108 Å². The van der Waals surface area contributed by atoms with Gasteiger partial charge in [-0.05, 0) is 39.2 Å². The van der Waals surface area contributed by atoms with Gasteiger partial charge in [0.2, 0.25) is 0 Å². The van der Waals surface area contributed by atoms with Crippen LogP contribution in [0.3, 0.4) is 0 Å². The molecule has 1 aromatic carbocycles. The monoisotopic (exact) mass is 250 g/mol. The van der Waals surface area contributed by atoms with Crippen molar-refractivity contribution >= 4 is 11.4 Å². The fourth-order valence-corrected chi connectivity index (χ4v) is 2.09. The van der Waals surface area contributed by atoms with E-state index < -0.39 is 5.60 Å². The number of aliphatic hydroxyl groups is 1. The molecule has 0 atom stereocenters. The summed E-state index contributed by atoms with van der Waals surface area (Å²) in [5, 5.41) is 13.3. The lowest BCUT2D eigenvalue weighted by Crippen LogP contribution is -2.43. The van der Waals surface area contributed by atoms with Crippen LogP contribution in [0.1, 0.15) is 33.1 Å². The van der Waals surface area contributed by atoms with Crippen molar-refractivity contribution in [2.45, 2.75) is 44.8 Å². The Kier molecular flexibility index (Phi) is 3.66. The summed E-state index contributed by atoms with van der Waals surface area (Å²) < 4.78 is 5.63. The second-order valence-electron chi connectivity index (χ2n) is 5.39. The highest BCUT2D eigenvalue weighted by molar-refractivity contribution is 5.59. The van der Waals surface area contributed by atoms with Crippen molar-refractivity contribution < 1.29 is 9.84 Å². The molecule has 4 nitrogen and oxygen atoms in total. The number of ether oxygens (including phenoxy) is 1. The van der Waals surface area contributed by atoms with E-state index in [0.29, 0.717) is 12.2 Å². The highest BCUT2D eigenvalue weighted by Crippen LogP contribution is 2.32. The highest BCUT2D eigenvalue weighted by atomic mass is 16.5. The molecule has 4 N–H and O–H groups in total. The van der Waals surface area contributed by atoms with E-state index in [1.54, 1.807) is 0 Å². The maximum absolute atomic E-state index is 10.0. The number of benzene rings is 1. The number of nitrogen functional groups attached to an aromatic ring is 1. The van der Waals surface area contributed by atoms with Crippen LogP contribution in [0.2, 0.25) is 0 Å². The number of hydrogen-bond donors (Lipinski definition) is 3. The third-order valence-corrected chi connectivity index (χ3v) is 3.21. The number of anilines is 2. The number of hydrogen-bond acceptors (Lipinski definition) is 4.